The van der Waals surface area contributed by atoms with Gasteiger partial charge in [-0.15, -0.1) is 11.3 Å². The van der Waals surface area contributed by atoms with Crippen LogP contribution in [-0.2, 0) is 4.74 Å². The van der Waals surface area contributed by atoms with Crippen LogP contribution in [0.1, 0.15) is 29.9 Å². The highest BCUT2D eigenvalue weighted by Crippen LogP contribution is 2.24. The van der Waals surface area contributed by atoms with Crippen LogP contribution < -0.4 is 5.32 Å². The second-order valence-corrected chi connectivity index (χ2v) is 4.47. The van der Waals surface area contributed by atoms with E-state index in [9.17, 15) is 0 Å². The molecule has 0 fully saturated rings. The fourth-order valence-electron chi connectivity index (χ4n) is 1.43. The third-order valence-corrected chi connectivity index (χ3v) is 3.02. The van der Waals surface area contributed by atoms with Crippen molar-refractivity contribution in [1.82, 2.24) is 5.32 Å². The molecule has 1 aromatic heterocycles. The predicted molar refractivity (Wildman–Crippen MR) is 62.0 cm³/mol. The fourth-order valence-corrected chi connectivity index (χ4v) is 2.19. The molecule has 0 bridgehead atoms. The molecule has 0 radical (unpaired) electrons. The van der Waals surface area contributed by atoms with Gasteiger partial charge >= 0.3 is 0 Å². The highest BCUT2D eigenvalue weighted by atomic mass is 32.1. The van der Waals surface area contributed by atoms with Gasteiger partial charge < -0.3 is 10.1 Å². The first-order valence-corrected chi connectivity index (χ1v) is 5.97. The summed E-state index contributed by atoms with van der Waals surface area (Å²) in [6.45, 7) is 6.01. The summed E-state index contributed by atoms with van der Waals surface area (Å²) in [4.78, 5) is 1.36. The Hall–Kier alpha value is -0.380. The minimum Gasteiger partial charge on any atom is -0.372 e. The molecule has 0 spiro atoms. The maximum atomic E-state index is 5.80. The van der Waals surface area contributed by atoms with Gasteiger partial charge in [-0.1, -0.05) is 6.92 Å². The Morgan fingerprint density at radius 1 is 1.57 bits per heavy atom. The lowest BCUT2D eigenvalue weighted by atomic mass is 10.1. The molecule has 1 heterocycles. The highest BCUT2D eigenvalue weighted by Gasteiger charge is 2.13. The van der Waals surface area contributed by atoms with E-state index in [4.69, 9.17) is 4.74 Å². The van der Waals surface area contributed by atoms with Crippen molar-refractivity contribution in [2.75, 3.05) is 20.2 Å². The highest BCUT2D eigenvalue weighted by molar-refractivity contribution is 7.10. The lowest BCUT2D eigenvalue weighted by molar-refractivity contribution is 0.0542. The second kappa shape index (κ2) is 6.17. The number of rotatable bonds is 6. The molecule has 14 heavy (non-hydrogen) atoms. The van der Waals surface area contributed by atoms with Gasteiger partial charge in [-0.3, -0.25) is 0 Å². The quantitative estimate of drug-likeness (QED) is 0.784. The Morgan fingerprint density at radius 2 is 2.36 bits per heavy atom. The molecule has 0 aromatic carbocycles. The fraction of sp³-hybridized carbons (Fsp3) is 0.636. The van der Waals surface area contributed by atoms with Gasteiger partial charge in [0.05, 0.1) is 6.10 Å². The third kappa shape index (κ3) is 3.08. The van der Waals surface area contributed by atoms with E-state index in [-0.39, 0.29) is 6.10 Å². The Bertz CT molecular complexity index is 260. The molecule has 1 unspecified atom stereocenters. The summed E-state index contributed by atoms with van der Waals surface area (Å²) in [6.07, 6.45) is 1.29. The molecule has 2 nitrogen and oxygen atoms in total. The summed E-state index contributed by atoms with van der Waals surface area (Å²) in [5.74, 6) is 0. The van der Waals surface area contributed by atoms with Crippen LogP contribution in [0.4, 0.5) is 0 Å². The first-order chi connectivity index (χ1) is 6.79. The van der Waals surface area contributed by atoms with Crippen molar-refractivity contribution in [1.29, 1.82) is 0 Å². The number of hydrogen-bond acceptors (Lipinski definition) is 3. The minimum atomic E-state index is 0.214. The number of hydrogen-bond donors (Lipinski definition) is 1. The SMILES string of the molecule is CCCOC(CNC)c1ccsc1C. The van der Waals surface area contributed by atoms with Crippen molar-refractivity contribution in [3.63, 3.8) is 0 Å². The van der Waals surface area contributed by atoms with Gasteiger partial charge in [0.25, 0.3) is 0 Å². The Labute approximate surface area is 90.3 Å². The molecule has 1 rings (SSSR count). The standard InChI is InChI=1S/C11H19NOS/c1-4-6-13-11(8-12-3)10-5-7-14-9(10)2/h5,7,11-12H,4,6,8H2,1-3H3. The molecule has 0 aliphatic rings. The smallest absolute Gasteiger partial charge is 0.0959 e. The summed E-state index contributed by atoms with van der Waals surface area (Å²) >= 11 is 1.78. The molecule has 1 aromatic rings. The van der Waals surface area contributed by atoms with Crippen LogP contribution in [0.5, 0.6) is 0 Å². The van der Waals surface area contributed by atoms with Crippen LogP contribution in [0.2, 0.25) is 0 Å². The van der Waals surface area contributed by atoms with E-state index in [0.29, 0.717) is 0 Å². The normalized spacial score (nSPS) is 13.1. The third-order valence-electron chi connectivity index (χ3n) is 2.16. The maximum absolute atomic E-state index is 5.80. The summed E-state index contributed by atoms with van der Waals surface area (Å²) < 4.78 is 5.80. The second-order valence-electron chi connectivity index (χ2n) is 3.35. The predicted octanol–water partition coefficient (Wildman–Crippen LogP) is 2.74. The molecule has 0 aliphatic heterocycles. The lowest BCUT2D eigenvalue weighted by Gasteiger charge is -2.17. The van der Waals surface area contributed by atoms with E-state index in [0.717, 1.165) is 19.6 Å². The van der Waals surface area contributed by atoms with Crippen molar-refractivity contribution in [3.8, 4) is 0 Å². The van der Waals surface area contributed by atoms with E-state index in [2.05, 4.69) is 30.6 Å². The van der Waals surface area contributed by atoms with Gasteiger partial charge in [-0.05, 0) is 37.4 Å². The Kier molecular flexibility index (Phi) is 5.15. The number of ether oxygens (including phenoxy) is 1. The molecule has 80 valence electrons. The lowest BCUT2D eigenvalue weighted by Crippen LogP contribution is -2.20. The largest absolute Gasteiger partial charge is 0.372 e. The van der Waals surface area contributed by atoms with Gasteiger partial charge in [0.1, 0.15) is 0 Å². The number of likely N-dealkylation sites (N-methyl/N-ethyl adjacent to an activating group) is 1. The zero-order valence-corrected chi connectivity index (χ0v) is 9.99. The topological polar surface area (TPSA) is 21.3 Å². The zero-order chi connectivity index (χ0) is 10.4. The average molecular weight is 213 g/mol. The van der Waals surface area contributed by atoms with Crippen LogP contribution in [0.25, 0.3) is 0 Å². The Morgan fingerprint density at radius 3 is 2.86 bits per heavy atom. The van der Waals surface area contributed by atoms with Crippen LogP contribution in [0.15, 0.2) is 11.4 Å². The first-order valence-electron chi connectivity index (χ1n) is 5.09. The minimum absolute atomic E-state index is 0.214. The number of nitrogens with one attached hydrogen (secondary N) is 1. The molecule has 1 N–H and O–H groups in total. The Balaban J connectivity index is 2.62. The van der Waals surface area contributed by atoms with Gasteiger partial charge in [0.15, 0.2) is 0 Å². The van der Waals surface area contributed by atoms with E-state index in [1.807, 2.05) is 7.05 Å². The maximum Gasteiger partial charge on any atom is 0.0959 e. The van der Waals surface area contributed by atoms with Crippen LogP contribution in [0, 0.1) is 6.92 Å². The van der Waals surface area contributed by atoms with Crippen molar-refractivity contribution in [2.45, 2.75) is 26.4 Å². The summed E-state index contributed by atoms with van der Waals surface area (Å²) in [5.41, 5.74) is 1.33. The van der Waals surface area contributed by atoms with Gasteiger partial charge in [-0.25, -0.2) is 0 Å². The molecule has 0 aliphatic carbocycles. The summed E-state index contributed by atoms with van der Waals surface area (Å²) in [7, 11) is 1.96. The monoisotopic (exact) mass is 213 g/mol. The zero-order valence-electron chi connectivity index (χ0n) is 9.17. The molecule has 0 saturated carbocycles. The van der Waals surface area contributed by atoms with Gasteiger partial charge in [0, 0.05) is 18.0 Å². The van der Waals surface area contributed by atoms with E-state index >= 15 is 0 Å². The van der Waals surface area contributed by atoms with Crippen LogP contribution >= 0.6 is 11.3 Å². The first kappa shape index (κ1) is 11.7. The number of thiophene rings is 1. The van der Waals surface area contributed by atoms with Crippen molar-refractivity contribution in [2.24, 2.45) is 0 Å². The van der Waals surface area contributed by atoms with Gasteiger partial charge in [-0.2, -0.15) is 0 Å². The van der Waals surface area contributed by atoms with Crippen molar-refractivity contribution >= 4 is 11.3 Å². The van der Waals surface area contributed by atoms with Gasteiger partial charge in [0.2, 0.25) is 0 Å². The molecule has 0 saturated heterocycles. The van der Waals surface area contributed by atoms with E-state index in [1.165, 1.54) is 10.4 Å². The number of aryl methyl sites for hydroxylation is 1. The molecule has 1 atom stereocenters. The molecule has 0 amide bonds. The molecular weight excluding hydrogens is 194 g/mol. The average Bonchev–Trinajstić information content (AvgIpc) is 2.59. The van der Waals surface area contributed by atoms with Crippen molar-refractivity contribution in [3.05, 3.63) is 21.9 Å². The van der Waals surface area contributed by atoms with E-state index in [1.54, 1.807) is 11.3 Å². The van der Waals surface area contributed by atoms with E-state index < -0.39 is 0 Å². The molecule has 3 heteroatoms. The summed E-state index contributed by atoms with van der Waals surface area (Å²) in [5, 5.41) is 5.30. The summed E-state index contributed by atoms with van der Waals surface area (Å²) in [6, 6.07) is 2.16. The molecular formula is C11H19NOS. The van der Waals surface area contributed by atoms with Crippen LogP contribution in [0.3, 0.4) is 0 Å². The van der Waals surface area contributed by atoms with Crippen molar-refractivity contribution < 1.29 is 4.74 Å². The van der Waals surface area contributed by atoms with Crippen LogP contribution in [-0.4, -0.2) is 20.2 Å².